The first-order chi connectivity index (χ1) is 9.53. The Hall–Kier alpha value is -1.04. The Morgan fingerprint density at radius 3 is 2.24 bits per heavy atom. The van der Waals surface area contributed by atoms with Gasteiger partial charge in [0.25, 0.3) is 0 Å². The zero-order valence-corrected chi connectivity index (χ0v) is 14.5. The van der Waals surface area contributed by atoms with Gasteiger partial charge in [0.05, 0.1) is 0 Å². The van der Waals surface area contributed by atoms with Crippen LogP contribution in [-0.4, -0.2) is 45.3 Å². The highest BCUT2D eigenvalue weighted by molar-refractivity contribution is 8.14. The molecule has 21 heavy (non-hydrogen) atoms. The van der Waals surface area contributed by atoms with Crippen molar-refractivity contribution < 1.29 is 19.1 Å². The van der Waals surface area contributed by atoms with Crippen LogP contribution in [0, 0.1) is 5.92 Å². The van der Waals surface area contributed by atoms with E-state index in [0.29, 0.717) is 13.0 Å². The summed E-state index contributed by atoms with van der Waals surface area (Å²) in [6, 6.07) is -0.673. The topological polar surface area (TPSA) is 63.7 Å². The molecule has 1 heterocycles. The second-order valence-corrected chi connectivity index (χ2v) is 8.02. The molecule has 0 aromatic carbocycles. The van der Waals surface area contributed by atoms with Crippen molar-refractivity contribution in [2.75, 3.05) is 6.54 Å². The molecule has 1 rings (SSSR count). The van der Waals surface area contributed by atoms with Gasteiger partial charge < -0.3 is 9.64 Å². The van der Waals surface area contributed by atoms with Gasteiger partial charge in [0, 0.05) is 24.6 Å². The van der Waals surface area contributed by atoms with Crippen LogP contribution in [0.25, 0.3) is 0 Å². The van der Waals surface area contributed by atoms with Gasteiger partial charge in [-0.1, -0.05) is 25.6 Å². The number of ether oxygens (including phenoxy) is 1. The summed E-state index contributed by atoms with van der Waals surface area (Å²) in [7, 11) is 0. The van der Waals surface area contributed by atoms with Gasteiger partial charge in [-0.2, -0.15) is 0 Å². The zero-order chi connectivity index (χ0) is 16.4. The van der Waals surface area contributed by atoms with Crippen LogP contribution in [-0.2, 0) is 19.1 Å². The quantitative estimate of drug-likeness (QED) is 0.747. The van der Waals surface area contributed by atoms with Crippen molar-refractivity contribution in [1.82, 2.24) is 4.90 Å². The maximum atomic E-state index is 12.4. The van der Waals surface area contributed by atoms with Gasteiger partial charge >= 0.3 is 5.97 Å². The van der Waals surface area contributed by atoms with E-state index in [2.05, 4.69) is 0 Å². The highest BCUT2D eigenvalue weighted by atomic mass is 32.2. The number of carbonyl (C=O) groups is 3. The van der Waals surface area contributed by atoms with E-state index in [-0.39, 0.29) is 22.2 Å². The van der Waals surface area contributed by atoms with E-state index in [4.69, 9.17) is 4.74 Å². The third kappa shape index (κ3) is 5.02. The number of hydrogen-bond acceptors (Lipinski definition) is 5. The van der Waals surface area contributed by atoms with Gasteiger partial charge in [-0.25, -0.2) is 4.79 Å². The molecule has 0 aromatic heterocycles. The zero-order valence-electron chi connectivity index (χ0n) is 13.6. The molecule has 6 heteroatoms. The van der Waals surface area contributed by atoms with Crippen molar-refractivity contribution in [1.29, 1.82) is 0 Å². The van der Waals surface area contributed by atoms with Crippen LogP contribution in [0.15, 0.2) is 0 Å². The molecule has 1 aliphatic heterocycles. The molecule has 0 aromatic rings. The number of hydrogen-bond donors (Lipinski definition) is 0. The summed E-state index contributed by atoms with van der Waals surface area (Å²) in [4.78, 5) is 37.7. The lowest BCUT2D eigenvalue weighted by Crippen LogP contribution is -2.48. The van der Waals surface area contributed by atoms with E-state index < -0.39 is 17.6 Å². The number of likely N-dealkylation sites (tertiary alicyclic amines) is 1. The molecule has 1 unspecified atom stereocenters. The number of esters is 1. The van der Waals surface area contributed by atoms with Crippen molar-refractivity contribution in [2.24, 2.45) is 5.92 Å². The van der Waals surface area contributed by atoms with E-state index in [0.717, 1.165) is 11.8 Å². The summed E-state index contributed by atoms with van der Waals surface area (Å²) in [6.07, 6.45) is 0.632. The monoisotopic (exact) mass is 315 g/mol. The normalized spacial score (nSPS) is 22.5. The first-order valence-electron chi connectivity index (χ1n) is 7.23. The van der Waals surface area contributed by atoms with E-state index in [9.17, 15) is 14.4 Å². The fraction of sp³-hybridized carbons (Fsp3) is 0.800. The van der Waals surface area contributed by atoms with Crippen LogP contribution in [0.4, 0.5) is 0 Å². The number of nitrogens with zero attached hydrogens (tertiary/aromatic N) is 1. The number of amides is 1. The Balaban J connectivity index is 2.97. The molecule has 0 N–H and O–H groups in total. The van der Waals surface area contributed by atoms with Gasteiger partial charge in [0.15, 0.2) is 5.12 Å². The molecule has 0 spiro atoms. The average Bonchev–Trinajstić information content (AvgIpc) is 2.68. The van der Waals surface area contributed by atoms with Crippen molar-refractivity contribution >= 4 is 28.8 Å². The number of carbonyl (C=O) groups excluding carboxylic acids is 3. The molecular formula is C15H25NO4S. The van der Waals surface area contributed by atoms with Crippen LogP contribution in [0.3, 0.4) is 0 Å². The lowest BCUT2D eigenvalue weighted by Gasteiger charge is -2.30. The molecule has 120 valence electrons. The van der Waals surface area contributed by atoms with Crippen LogP contribution in [0.1, 0.15) is 48.0 Å². The highest BCUT2D eigenvalue weighted by Gasteiger charge is 2.45. The minimum atomic E-state index is -0.673. The summed E-state index contributed by atoms with van der Waals surface area (Å²) in [5, 5.41) is -0.271. The molecule has 0 bridgehead atoms. The second kappa shape index (κ2) is 6.81. The largest absolute Gasteiger partial charge is 0.458 e. The predicted molar refractivity (Wildman–Crippen MR) is 82.9 cm³/mol. The maximum Gasteiger partial charge on any atom is 0.330 e. The predicted octanol–water partition coefficient (Wildman–Crippen LogP) is 2.23. The SMILES string of the molecule is CC(=O)SC1CCN(C(=O)C(C)C)[C@@H]1C(=O)OC(C)(C)C. The summed E-state index contributed by atoms with van der Waals surface area (Å²) in [6.45, 7) is 11.0. The fourth-order valence-electron chi connectivity index (χ4n) is 2.32. The highest BCUT2D eigenvalue weighted by Crippen LogP contribution is 2.32. The molecule has 1 fully saturated rings. The minimum absolute atomic E-state index is 0.0487. The van der Waals surface area contributed by atoms with Crippen LogP contribution in [0.2, 0.25) is 0 Å². The number of rotatable bonds is 3. The van der Waals surface area contributed by atoms with Crippen LogP contribution >= 0.6 is 11.8 Å². The Bertz CT molecular complexity index is 428. The third-order valence-electron chi connectivity index (χ3n) is 3.09. The Labute approximate surface area is 130 Å². The van der Waals surface area contributed by atoms with Crippen molar-refractivity contribution in [3.63, 3.8) is 0 Å². The second-order valence-electron chi connectivity index (χ2n) is 6.60. The molecule has 5 nitrogen and oxygen atoms in total. The molecule has 1 amide bonds. The van der Waals surface area contributed by atoms with Crippen molar-refractivity contribution in [2.45, 2.75) is 64.9 Å². The summed E-state index contributed by atoms with van der Waals surface area (Å²) >= 11 is 1.12. The van der Waals surface area contributed by atoms with Gasteiger partial charge in [-0.05, 0) is 27.2 Å². The lowest BCUT2D eigenvalue weighted by molar-refractivity contribution is -0.163. The lowest BCUT2D eigenvalue weighted by atomic mass is 10.1. The minimum Gasteiger partial charge on any atom is -0.458 e. The molecule has 0 aliphatic carbocycles. The Kier molecular flexibility index (Phi) is 5.84. The van der Waals surface area contributed by atoms with Crippen molar-refractivity contribution in [3.8, 4) is 0 Å². The van der Waals surface area contributed by atoms with Gasteiger partial charge in [-0.15, -0.1) is 0 Å². The van der Waals surface area contributed by atoms with Crippen LogP contribution < -0.4 is 0 Å². The summed E-state index contributed by atoms with van der Waals surface area (Å²) in [5.41, 5.74) is -0.613. The molecule has 1 saturated heterocycles. The van der Waals surface area contributed by atoms with Gasteiger partial charge in [-0.3, -0.25) is 9.59 Å². The van der Waals surface area contributed by atoms with E-state index in [1.165, 1.54) is 6.92 Å². The molecule has 2 atom stereocenters. The number of thioether (sulfide) groups is 1. The molecular weight excluding hydrogens is 290 g/mol. The van der Waals surface area contributed by atoms with Crippen LogP contribution in [0.5, 0.6) is 0 Å². The smallest absolute Gasteiger partial charge is 0.330 e. The average molecular weight is 315 g/mol. The fourth-order valence-corrected chi connectivity index (χ4v) is 3.36. The van der Waals surface area contributed by atoms with E-state index in [1.54, 1.807) is 39.5 Å². The Morgan fingerprint density at radius 2 is 1.81 bits per heavy atom. The summed E-state index contributed by atoms with van der Waals surface area (Å²) < 4.78 is 5.44. The molecule has 1 aliphatic rings. The molecule has 0 radical (unpaired) electrons. The van der Waals surface area contributed by atoms with E-state index >= 15 is 0 Å². The van der Waals surface area contributed by atoms with Gasteiger partial charge in [0.2, 0.25) is 5.91 Å². The standard InChI is InChI=1S/C15H25NO4S/c1-9(2)13(18)16-8-7-11(21-10(3)17)12(16)14(19)20-15(4,5)6/h9,11-12H,7-8H2,1-6H3/t11?,12-/m0/s1. The van der Waals surface area contributed by atoms with E-state index in [1.807, 2.05) is 0 Å². The van der Waals surface area contributed by atoms with Gasteiger partial charge in [0.1, 0.15) is 11.6 Å². The summed E-state index contributed by atoms with van der Waals surface area (Å²) in [5.74, 6) is -0.679. The first-order valence-corrected chi connectivity index (χ1v) is 8.11. The Morgan fingerprint density at radius 1 is 1.24 bits per heavy atom. The molecule has 0 saturated carbocycles. The first kappa shape index (κ1) is 18.0. The van der Waals surface area contributed by atoms with Crippen molar-refractivity contribution in [3.05, 3.63) is 0 Å². The third-order valence-corrected chi connectivity index (χ3v) is 4.21. The maximum absolute atomic E-state index is 12.4.